The van der Waals surface area contributed by atoms with E-state index in [1.807, 2.05) is 0 Å². The molecule has 1 atom stereocenters. The number of rotatable bonds is 3. The number of aromatic nitrogens is 4. The van der Waals surface area contributed by atoms with Gasteiger partial charge in [-0.2, -0.15) is 13.6 Å². The van der Waals surface area contributed by atoms with Crippen molar-refractivity contribution in [3.8, 4) is 11.4 Å². The third kappa shape index (κ3) is 2.61. The molecule has 2 heterocycles. The molecular weight excluding hydrogens is 301 g/mol. The summed E-state index contributed by atoms with van der Waals surface area (Å²) in [6.45, 7) is -0.181. The van der Waals surface area contributed by atoms with Crippen molar-refractivity contribution < 1.29 is 17.1 Å². The van der Waals surface area contributed by atoms with Crippen LogP contribution in [0.15, 0.2) is 24.3 Å². The number of benzene rings is 1. The highest BCUT2D eigenvalue weighted by Crippen LogP contribution is 2.27. The van der Waals surface area contributed by atoms with Gasteiger partial charge >= 0.3 is 10.2 Å². The van der Waals surface area contributed by atoms with Crippen LogP contribution in [0.4, 0.5) is 9.57 Å². The van der Waals surface area contributed by atoms with E-state index in [-0.39, 0.29) is 13.0 Å². The second kappa shape index (κ2) is 4.88. The molecular formula is C11H10FN5O3S. The summed E-state index contributed by atoms with van der Waals surface area (Å²) >= 11 is 0. The molecule has 2 aromatic rings. The number of anilines is 1. The number of nitrogens with one attached hydrogen (secondary N) is 1. The SMILES string of the molecule is O=C1CC(S(=O)(=O)F)CN1c1ccc(-c2nn[nH]n2)cc1. The van der Waals surface area contributed by atoms with Crippen LogP contribution >= 0.6 is 0 Å². The first kappa shape index (κ1) is 13.6. The van der Waals surface area contributed by atoms with Gasteiger partial charge in [-0.1, -0.05) is 0 Å². The molecule has 8 nitrogen and oxygen atoms in total. The zero-order chi connectivity index (χ0) is 15.0. The zero-order valence-corrected chi connectivity index (χ0v) is 11.4. The lowest BCUT2D eigenvalue weighted by atomic mass is 10.2. The standard InChI is InChI=1S/C11H10FN5O3S/c12-21(19,20)9-5-10(18)17(6-9)8-3-1-7(2-4-8)11-13-15-16-14-11/h1-4,9H,5-6H2,(H,13,14,15,16). The Kier molecular flexibility index (Phi) is 3.16. The topological polar surface area (TPSA) is 109 Å². The van der Waals surface area contributed by atoms with E-state index in [1.54, 1.807) is 24.3 Å². The normalized spacial score (nSPS) is 19.2. The fraction of sp³-hybridized carbons (Fsp3) is 0.273. The summed E-state index contributed by atoms with van der Waals surface area (Å²) in [7, 11) is -4.71. The molecule has 0 aliphatic carbocycles. The molecule has 1 aliphatic rings. The van der Waals surface area contributed by atoms with Gasteiger partial charge in [0.2, 0.25) is 11.7 Å². The van der Waals surface area contributed by atoms with Crippen molar-refractivity contribution in [1.29, 1.82) is 0 Å². The van der Waals surface area contributed by atoms with Crippen LogP contribution in [0, 0.1) is 0 Å². The van der Waals surface area contributed by atoms with Crippen molar-refractivity contribution in [2.75, 3.05) is 11.4 Å². The number of amides is 1. The van der Waals surface area contributed by atoms with Gasteiger partial charge in [0.15, 0.2) is 0 Å². The summed E-state index contributed by atoms with van der Waals surface area (Å²) < 4.78 is 34.8. The van der Waals surface area contributed by atoms with E-state index in [0.717, 1.165) is 0 Å². The molecule has 1 aromatic carbocycles. The van der Waals surface area contributed by atoms with Gasteiger partial charge in [-0.05, 0) is 29.5 Å². The van der Waals surface area contributed by atoms with Crippen molar-refractivity contribution in [2.45, 2.75) is 11.7 Å². The smallest absolute Gasteiger partial charge is 0.307 e. The van der Waals surface area contributed by atoms with Crippen LogP contribution < -0.4 is 4.90 Å². The van der Waals surface area contributed by atoms with Crippen LogP contribution in [0.3, 0.4) is 0 Å². The first-order valence-corrected chi connectivity index (χ1v) is 7.47. The van der Waals surface area contributed by atoms with Crippen molar-refractivity contribution in [2.24, 2.45) is 0 Å². The van der Waals surface area contributed by atoms with Gasteiger partial charge in [-0.25, -0.2) is 0 Å². The average Bonchev–Trinajstić information content (AvgIpc) is 3.07. The van der Waals surface area contributed by atoms with Gasteiger partial charge in [0, 0.05) is 24.2 Å². The number of halogens is 1. The maximum absolute atomic E-state index is 13.0. The molecule has 0 spiro atoms. The van der Waals surface area contributed by atoms with E-state index < -0.39 is 21.4 Å². The molecule has 21 heavy (non-hydrogen) atoms. The molecule has 3 rings (SSSR count). The highest BCUT2D eigenvalue weighted by atomic mass is 32.3. The predicted octanol–water partition coefficient (Wildman–Crippen LogP) is 0.271. The van der Waals surface area contributed by atoms with Crippen molar-refractivity contribution in [1.82, 2.24) is 20.6 Å². The first-order chi connectivity index (χ1) is 9.95. The fourth-order valence-corrected chi connectivity index (χ4v) is 2.86. The number of hydrogen-bond donors (Lipinski definition) is 1. The summed E-state index contributed by atoms with van der Waals surface area (Å²) in [5, 5.41) is 12.1. The average molecular weight is 311 g/mol. The number of aromatic amines is 1. The molecule has 0 saturated carbocycles. The fourth-order valence-electron chi connectivity index (χ4n) is 2.19. The summed E-state index contributed by atoms with van der Waals surface area (Å²) in [4.78, 5) is 13.1. The molecule has 1 unspecified atom stereocenters. The minimum absolute atomic E-state index is 0.181. The van der Waals surface area contributed by atoms with E-state index >= 15 is 0 Å². The van der Waals surface area contributed by atoms with Gasteiger partial charge in [0.05, 0.1) is 0 Å². The van der Waals surface area contributed by atoms with Gasteiger partial charge < -0.3 is 4.90 Å². The highest BCUT2D eigenvalue weighted by Gasteiger charge is 2.39. The van der Waals surface area contributed by atoms with E-state index in [9.17, 15) is 17.1 Å². The maximum Gasteiger partial charge on any atom is 0.307 e. The Morgan fingerprint density at radius 1 is 1.29 bits per heavy atom. The number of H-pyrrole nitrogens is 1. The Labute approximate surface area is 119 Å². The number of hydrogen-bond acceptors (Lipinski definition) is 6. The highest BCUT2D eigenvalue weighted by molar-refractivity contribution is 7.87. The van der Waals surface area contributed by atoms with E-state index in [1.165, 1.54) is 4.90 Å². The van der Waals surface area contributed by atoms with E-state index in [0.29, 0.717) is 17.1 Å². The summed E-state index contributed by atoms with van der Waals surface area (Å²) in [6.07, 6.45) is -0.342. The third-order valence-corrected chi connectivity index (χ3v) is 4.38. The Morgan fingerprint density at radius 3 is 2.52 bits per heavy atom. The van der Waals surface area contributed by atoms with Crippen LogP contribution in [0.25, 0.3) is 11.4 Å². The molecule has 0 radical (unpaired) electrons. The van der Waals surface area contributed by atoms with Crippen LogP contribution in [0.1, 0.15) is 6.42 Å². The molecule has 1 saturated heterocycles. The number of carbonyl (C=O) groups is 1. The Hall–Kier alpha value is -2.36. The quantitative estimate of drug-likeness (QED) is 0.815. The predicted molar refractivity (Wildman–Crippen MR) is 70.4 cm³/mol. The zero-order valence-electron chi connectivity index (χ0n) is 10.6. The van der Waals surface area contributed by atoms with Crippen molar-refractivity contribution >= 4 is 21.8 Å². The molecule has 1 aromatic heterocycles. The maximum atomic E-state index is 13.0. The lowest BCUT2D eigenvalue weighted by Gasteiger charge is -2.16. The van der Waals surface area contributed by atoms with E-state index in [4.69, 9.17) is 0 Å². The van der Waals surface area contributed by atoms with Crippen molar-refractivity contribution in [3.05, 3.63) is 24.3 Å². The van der Waals surface area contributed by atoms with Crippen LogP contribution in [-0.4, -0.2) is 46.7 Å². The molecule has 110 valence electrons. The van der Waals surface area contributed by atoms with Crippen LogP contribution in [-0.2, 0) is 15.0 Å². The van der Waals surface area contributed by atoms with Gasteiger partial charge in [-0.15, -0.1) is 14.1 Å². The molecule has 1 N–H and O–H groups in total. The van der Waals surface area contributed by atoms with Gasteiger partial charge in [0.1, 0.15) is 5.25 Å². The van der Waals surface area contributed by atoms with E-state index in [2.05, 4.69) is 20.6 Å². The number of tetrazole rings is 1. The largest absolute Gasteiger partial charge is 0.311 e. The lowest BCUT2D eigenvalue weighted by molar-refractivity contribution is -0.117. The second-order valence-corrected chi connectivity index (χ2v) is 6.21. The first-order valence-electron chi connectivity index (χ1n) is 6.03. The molecule has 0 bridgehead atoms. The van der Waals surface area contributed by atoms with Crippen molar-refractivity contribution in [3.63, 3.8) is 0 Å². The Balaban J connectivity index is 1.83. The van der Waals surface area contributed by atoms with Gasteiger partial charge in [-0.3, -0.25) is 4.79 Å². The minimum Gasteiger partial charge on any atom is -0.311 e. The monoisotopic (exact) mass is 311 g/mol. The lowest BCUT2D eigenvalue weighted by Crippen LogP contribution is -2.26. The second-order valence-electron chi connectivity index (χ2n) is 4.59. The molecule has 1 amide bonds. The summed E-state index contributed by atoms with van der Waals surface area (Å²) in [6, 6.07) is 6.59. The third-order valence-electron chi connectivity index (χ3n) is 3.27. The molecule has 1 aliphatic heterocycles. The molecule has 10 heteroatoms. The van der Waals surface area contributed by atoms with Crippen LogP contribution in [0.2, 0.25) is 0 Å². The van der Waals surface area contributed by atoms with Crippen LogP contribution in [0.5, 0.6) is 0 Å². The summed E-state index contributed by atoms with van der Waals surface area (Å²) in [5.41, 5.74) is 1.19. The Morgan fingerprint density at radius 2 is 2.00 bits per heavy atom. The minimum atomic E-state index is -4.71. The summed E-state index contributed by atoms with van der Waals surface area (Å²) in [5.74, 6) is -0.0213. The number of carbonyl (C=O) groups excluding carboxylic acids is 1. The van der Waals surface area contributed by atoms with Gasteiger partial charge in [0.25, 0.3) is 0 Å². The number of nitrogens with zero attached hydrogens (tertiary/aromatic N) is 4. The molecule has 1 fully saturated rings. The Bertz CT molecular complexity index is 760.